The highest BCUT2D eigenvalue weighted by Crippen LogP contribution is 2.32. The molecular formula is C16H26N2O2. The van der Waals surface area contributed by atoms with Gasteiger partial charge in [-0.1, -0.05) is 25.5 Å². The molecule has 1 aromatic rings. The van der Waals surface area contributed by atoms with Crippen LogP contribution in [0.3, 0.4) is 0 Å². The minimum atomic E-state index is -0.649. The smallest absolute Gasteiger partial charge is 0.313 e. The first kappa shape index (κ1) is 16.5. The van der Waals surface area contributed by atoms with E-state index in [0.29, 0.717) is 13.0 Å². The highest BCUT2D eigenvalue weighted by molar-refractivity contribution is 5.78. The fraction of sp³-hybridized carbons (Fsp3) is 0.562. The van der Waals surface area contributed by atoms with E-state index >= 15 is 0 Å². The van der Waals surface area contributed by atoms with Gasteiger partial charge < -0.3 is 16.2 Å². The van der Waals surface area contributed by atoms with Gasteiger partial charge in [0.1, 0.15) is 0 Å². The van der Waals surface area contributed by atoms with E-state index in [1.807, 2.05) is 32.0 Å². The Balaban J connectivity index is 3.11. The number of hydrogen-bond donors (Lipinski definition) is 2. The number of carbonyl (C=O) groups is 1. The number of ether oxygens (including phenoxy) is 1. The number of nitrogens with two attached hydrogens (primary N) is 2. The average molecular weight is 278 g/mol. The first-order valence-corrected chi connectivity index (χ1v) is 7.22. The Hall–Kier alpha value is -1.55. The minimum Gasteiger partial charge on any atom is -0.466 e. The highest BCUT2D eigenvalue weighted by atomic mass is 16.5. The van der Waals surface area contributed by atoms with Crippen molar-refractivity contribution in [3.8, 4) is 0 Å². The van der Waals surface area contributed by atoms with Gasteiger partial charge in [-0.05, 0) is 43.9 Å². The van der Waals surface area contributed by atoms with Crippen LogP contribution in [0.15, 0.2) is 18.2 Å². The van der Waals surface area contributed by atoms with Crippen LogP contribution in [0, 0.1) is 12.3 Å². The quantitative estimate of drug-likeness (QED) is 0.593. The van der Waals surface area contributed by atoms with Gasteiger partial charge >= 0.3 is 5.97 Å². The summed E-state index contributed by atoms with van der Waals surface area (Å²) in [6.07, 6.45) is 2.18. The van der Waals surface area contributed by atoms with Crippen LogP contribution in [-0.2, 0) is 16.0 Å². The van der Waals surface area contributed by atoms with Gasteiger partial charge in [-0.15, -0.1) is 0 Å². The molecule has 0 fully saturated rings. The third-order valence-corrected chi connectivity index (χ3v) is 3.84. The van der Waals surface area contributed by atoms with Crippen molar-refractivity contribution in [3.63, 3.8) is 0 Å². The second-order valence-electron chi connectivity index (χ2n) is 5.26. The molecule has 0 radical (unpaired) electrons. The summed E-state index contributed by atoms with van der Waals surface area (Å²) in [4.78, 5) is 12.4. The zero-order valence-corrected chi connectivity index (χ0v) is 12.7. The molecule has 4 heteroatoms. The van der Waals surface area contributed by atoms with Gasteiger partial charge in [-0.3, -0.25) is 4.79 Å². The Kier molecular flexibility index (Phi) is 6.02. The highest BCUT2D eigenvalue weighted by Gasteiger charge is 2.38. The number of carbonyl (C=O) groups excluding carboxylic acids is 1. The molecule has 0 spiro atoms. The van der Waals surface area contributed by atoms with Crippen LogP contribution < -0.4 is 11.5 Å². The summed E-state index contributed by atoms with van der Waals surface area (Å²) < 4.78 is 5.24. The molecule has 0 aliphatic carbocycles. The molecule has 0 saturated carbocycles. The van der Waals surface area contributed by atoms with Crippen LogP contribution in [-0.4, -0.2) is 19.1 Å². The number of rotatable bonds is 7. The van der Waals surface area contributed by atoms with Gasteiger partial charge in [0.15, 0.2) is 0 Å². The van der Waals surface area contributed by atoms with E-state index < -0.39 is 5.41 Å². The maximum Gasteiger partial charge on any atom is 0.313 e. The molecule has 20 heavy (non-hydrogen) atoms. The van der Waals surface area contributed by atoms with E-state index in [2.05, 4.69) is 6.92 Å². The zero-order valence-electron chi connectivity index (χ0n) is 12.7. The lowest BCUT2D eigenvalue weighted by Crippen LogP contribution is -2.42. The molecule has 0 amide bonds. The fourth-order valence-electron chi connectivity index (χ4n) is 2.54. The van der Waals surface area contributed by atoms with Crippen molar-refractivity contribution in [1.82, 2.24) is 0 Å². The first-order chi connectivity index (χ1) is 9.50. The third-order valence-electron chi connectivity index (χ3n) is 3.84. The summed E-state index contributed by atoms with van der Waals surface area (Å²) in [6, 6.07) is 5.79. The summed E-state index contributed by atoms with van der Waals surface area (Å²) in [7, 11) is 0. The van der Waals surface area contributed by atoms with Crippen LogP contribution in [0.4, 0.5) is 5.69 Å². The van der Waals surface area contributed by atoms with Gasteiger partial charge in [-0.2, -0.15) is 0 Å². The summed E-state index contributed by atoms with van der Waals surface area (Å²) in [5.41, 5.74) is 14.1. The van der Waals surface area contributed by atoms with E-state index in [9.17, 15) is 4.79 Å². The van der Waals surface area contributed by atoms with Gasteiger partial charge in [0, 0.05) is 12.2 Å². The van der Waals surface area contributed by atoms with Crippen LogP contribution >= 0.6 is 0 Å². The van der Waals surface area contributed by atoms with Crippen LogP contribution in [0.1, 0.15) is 37.8 Å². The van der Waals surface area contributed by atoms with E-state index in [1.165, 1.54) is 0 Å². The Morgan fingerprint density at radius 2 is 2.05 bits per heavy atom. The molecular weight excluding hydrogens is 252 g/mol. The van der Waals surface area contributed by atoms with Crippen LogP contribution in [0.5, 0.6) is 0 Å². The molecule has 112 valence electrons. The molecule has 4 N–H and O–H groups in total. The summed E-state index contributed by atoms with van der Waals surface area (Å²) in [5, 5.41) is 0. The van der Waals surface area contributed by atoms with Crippen molar-refractivity contribution in [3.05, 3.63) is 29.3 Å². The molecule has 0 bridgehead atoms. The summed E-state index contributed by atoms with van der Waals surface area (Å²) >= 11 is 0. The normalized spacial score (nSPS) is 13.8. The maximum absolute atomic E-state index is 12.4. The molecule has 0 aromatic heterocycles. The van der Waals surface area contributed by atoms with Gasteiger partial charge in [0.2, 0.25) is 0 Å². The summed E-state index contributed by atoms with van der Waals surface area (Å²) in [6.45, 7) is 6.50. The topological polar surface area (TPSA) is 78.3 Å². The average Bonchev–Trinajstić information content (AvgIpc) is 2.43. The standard InChI is InChI=1S/C16H26N2O2/c1-4-9-16(11-17,15(19)20-5-2)10-13-7-6-8-14(18)12(13)3/h6-8H,4-5,9-11,17-18H2,1-3H3. The second-order valence-corrected chi connectivity index (χ2v) is 5.26. The van der Waals surface area contributed by atoms with Crippen molar-refractivity contribution in [2.45, 2.75) is 40.0 Å². The monoisotopic (exact) mass is 278 g/mol. The molecule has 0 aliphatic heterocycles. The van der Waals surface area contributed by atoms with E-state index in [1.54, 1.807) is 0 Å². The molecule has 1 aromatic carbocycles. The van der Waals surface area contributed by atoms with Crippen molar-refractivity contribution < 1.29 is 9.53 Å². The van der Waals surface area contributed by atoms with E-state index in [4.69, 9.17) is 16.2 Å². The fourth-order valence-corrected chi connectivity index (χ4v) is 2.54. The Morgan fingerprint density at radius 1 is 1.35 bits per heavy atom. The molecule has 4 nitrogen and oxygen atoms in total. The maximum atomic E-state index is 12.4. The lowest BCUT2D eigenvalue weighted by molar-refractivity contribution is -0.155. The number of hydrogen-bond acceptors (Lipinski definition) is 4. The van der Waals surface area contributed by atoms with Crippen molar-refractivity contribution in [2.75, 3.05) is 18.9 Å². The predicted octanol–water partition coefficient (Wildman–Crippen LogP) is 2.43. The number of benzene rings is 1. The Morgan fingerprint density at radius 3 is 2.60 bits per heavy atom. The molecule has 0 saturated heterocycles. The number of esters is 1. The van der Waals surface area contributed by atoms with Crippen molar-refractivity contribution in [2.24, 2.45) is 11.1 Å². The van der Waals surface area contributed by atoms with Gasteiger partial charge in [-0.25, -0.2) is 0 Å². The van der Waals surface area contributed by atoms with E-state index in [-0.39, 0.29) is 12.5 Å². The largest absolute Gasteiger partial charge is 0.466 e. The molecule has 0 aliphatic rings. The molecule has 1 atom stereocenters. The minimum absolute atomic E-state index is 0.203. The predicted molar refractivity (Wildman–Crippen MR) is 82.3 cm³/mol. The van der Waals surface area contributed by atoms with Gasteiger partial charge in [0.05, 0.1) is 12.0 Å². The molecule has 1 rings (SSSR count). The first-order valence-electron chi connectivity index (χ1n) is 7.22. The zero-order chi connectivity index (χ0) is 15.2. The molecule has 1 unspecified atom stereocenters. The second kappa shape index (κ2) is 7.29. The number of nitrogen functional groups attached to an aromatic ring is 1. The van der Waals surface area contributed by atoms with Gasteiger partial charge in [0.25, 0.3) is 0 Å². The van der Waals surface area contributed by atoms with Crippen molar-refractivity contribution >= 4 is 11.7 Å². The third kappa shape index (κ3) is 3.51. The Bertz CT molecular complexity index is 460. The van der Waals surface area contributed by atoms with E-state index in [0.717, 1.165) is 29.7 Å². The lowest BCUT2D eigenvalue weighted by atomic mass is 9.77. The number of anilines is 1. The Labute approximate surface area is 121 Å². The van der Waals surface area contributed by atoms with Crippen LogP contribution in [0.25, 0.3) is 0 Å². The van der Waals surface area contributed by atoms with Crippen molar-refractivity contribution in [1.29, 1.82) is 0 Å². The lowest BCUT2D eigenvalue weighted by Gasteiger charge is -2.30. The molecule has 0 heterocycles. The van der Waals surface area contributed by atoms with Crippen LogP contribution in [0.2, 0.25) is 0 Å². The SMILES string of the molecule is CCCC(CN)(Cc1cccc(N)c1C)C(=O)OCC. The summed E-state index contributed by atoms with van der Waals surface area (Å²) in [5.74, 6) is -0.203.